The molecule has 0 spiro atoms. The maximum Gasteiger partial charge on any atom is 0.322 e. The lowest BCUT2D eigenvalue weighted by Crippen LogP contribution is -2.37. The first kappa shape index (κ1) is 14.8. The van der Waals surface area contributed by atoms with Crippen molar-refractivity contribution in [2.24, 2.45) is 0 Å². The first-order chi connectivity index (χ1) is 7.95. The Kier molecular flexibility index (Phi) is 5.73. The molecule has 0 saturated heterocycles. The van der Waals surface area contributed by atoms with Crippen LogP contribution in [0, 0.1) is 0 Å². The van der Waals surface area contributed by atoms with E-state index in [0.29, 0.717) is 15.3 Å². The van der Waals surface area contributed by atoms with Crippen molar-refractivity contribution in [3.8, 4) is 0 Å². The van der Waals surface area contributed by atoms with Crippen LogP contribution in [0.3, 0.4) is 0 Å². The van der Waals surface area contributed by atoms with Crippen molar-refractivity contribution in [1.82, 2.24) is 5.32 Å². The van der Waals surface area contributed by atoms with Crippen LogP contribution in [0.15, 0.2) is 6.07 Å². The van der Waals surface area contributed by atoms with E-state index in [9.17, 15) is 4.79 Å². The minimum absolute atomic E-state index is 0.0503. The number of hydrogen-bond acceptors (Lipinski definition) is 4. The molecule has 17 heavy (non-hydrogen) atoms. The van der Waals surface area contributed by atoms with E-state index in [1.807, 2.05) is 13.0 Å². The van der Waals surface area contributed by atoms with Crippen LogP contribution in [0.1, 0.15) is 32.4 Å². The van der Waals surface area contributed by atoms with Gasteiger partial charge in [-0.25, -0.2) is 0 Å². The lowest BCUT2D eigenvalue weighted by molar-refractivity contribution is -0.145. The molecule has 1 rings (SSSR count). The van der Waals surface area contributed by atoms with Crippen LogP contribution in [0.5, 0.6) is 0 Å². The van der Waals surface area contributed by atoms with Crippen molar-refractivity contribution in [2.75, 3.05) is 6.61 Å². The van der Waals surface area contributed by atoms with E-state index >= 15 is 0 Å². The number of halogens is 2. The fraction of sp³-hybridized carbons (Fsp3) is 0.545. The van der Waals surface area contributed by atoms with Crippen LogP contribution in [0.2, 0.25) is 8.67 Å². The Labute approximate surface area is 115 Å². The predicted molar refractivity (Wildman–Crippen MR) is 72.0 cm³/mol. The number of rotatable bonds is 5. The smallest absolute Gasteiger partial charge is 0.322 e. The Morgan fingerprint density at radius 1 is 1.53 bits per heavy atom. The SMILES string of the molecule is CCOC(=O)C(C)NC(C)c1cc(Cl)sc1Cl. The normalized spacial score (nSPS) is 14.4. The minimum Gasteiger partial charge on any atom is -0.465 e. The fourth-order valence-electron chi connectivity index (χ4n) is 1.45. The van der Waals surface area contributed by atoms with E-state index < -0.39 is 0 Å². The van der Waals surface area contributed by atoms with Crippen LogP contribution in [-0.4, -0.2) is 18.6 Å². The van der Waals surface area contributed by atoms with Gasteiger partial charge in [0.1, 0.15) is 6.04 Å². The van der Waals surface area contributed by atoms with Crippen molar-refractivity contribution in [3.63, 3.8) is 0 Å². The van der Waals surface area contributed by atoms with Gasteiger partial charge in [0.05, 0.1) is 15.3 Å². The molecule has 0 amide bonds. The quantitative estimate of drug-likeness (QED) is 0.843. The van der Waals surface area contributed by atoms with Gasteiger partial charge in [0, 0.05) is 6.04 Å². The summed E-state index contributed by atoms with van der Waals surface area (Å²) in [7, 11) is 0. The highest BCUT2D eigenvalue weighted by Gasteiger charge is 2.19. The van der Waals surface area contributed by atoms with Gasteiger partial charge in [-0.1, -0.05) is 23.2 Å². The number of thiophene rings is 1. The molecule has 1 N–H and O–H groups in total. The molecule has 2 unspecified atom stereocenters. The molecule has 6 heteroatoms. The molecule has 0 aliphatic rings. The molecule has 0 aliphatic heterocycles. The molecule has 0 bridgehead atoms. The Morgan fingerprint density at radius 2 is 2.18 bits per heavy atom. The molecule has 0 saturated carbocycles. The summed E-state index contributed by atoms with van der Waals surface area (Å²) in [5, 5.41) is 3.12. The van der Waals surface area contributed by atoms with Crippen molar-refractivity contribution in [2.45, 2.75) is 32.9 Å². The van der Waals surface area contributed by atoms with Crippen LogP contribution in [-0.2, 0) is 9.53 Å². The third kappa shape index (κ3) is 4.14. The molecule has 0 aliphatic carbocycles. The summed E-state index contributed by atoms with van der Waals surface area (Å²) < 4.78 is 6.20. The molecule has 2 atom stereocenters. The third-order valence-corrected chi connectivity index (χ3v) is 3.81. The third-order valence-electron chi connectivity index (χ3n) is 2.29. The number of carbonyl (C=O) groups is 1. The number of hydrogen-bond donors (Lipinski definition) is 1. The van der Waals surface area contributed by atoms with E-state index in [0.717, 1.165) is 5.56 Å². The summed E-state index contributed by atoms with van der Waals surface area (Å²) in [6.07, 6.45) is 0. The zero-order valence-corrected chi connectivity index (χ0v) is 12.2. The van der Waals surface area contributed by atoms with Gasteiger partial charge in [-0.3, -0.25) is 10.1 Å². The first-order valence-corrected chi connectivity index (χ1v) is 6.90. The van der Waals surface area contributed by atoms with Crippen molar-refractivity contribution < 1.29 is 9.53 Å². The summed E-state index contributed by atoms with van der Waals surface area (Å²) in [6, 6.07) is 1.38. The van der Waals surface area contributed by atoms with E-state index in [2.05, 4.69) is 5.32 Å². The second-order valence-electron chi connectivity index (χ2n) is 3.64. The summed E-state index contributed by atoms with van der Waals surface area (Å²) in [6.45, 7) is 5.85. The van der Waals surface area contributed by atoms with Crippen LogP contribution in [0.25, 0.3) is 0 Å². The number of esters is 1. The van der Waals surface area contributed by atoms with Gasteiger partial charge in [0.25, 0.3) is 0 Å². The average Bonchev–Trinajstić information content (AvgIpc) is 2.58. The van der Waals surface area contributed by atoms with Crippen molar-refractivity contribution >= 4 is 40.5 Å². The van der Waals surface area contributed by atoms with Gasteiger partial charge in [0.2, 0.25) is 0 Å². The molecular formula is C11H15Cl2NO2S. The molecule has 0 radical (unpaired) electrons. The molecule has 0 fully saturated rings. The summed E-state index contributed by atoms with van der Waals surface area (Å²) >= 11 is 13.2. The molecular weight excluding hydrogens is 281 g/mol. The van der Waals surface area contributed by atoms with Gasteiger partial charge in [0.15, 0.2) is 0 Å². The lowest BCUT2D eigenvalue weighted by Gasteiger charge is -2.18. The van der Waals surface area contributed by atoms with E-state index in [-0.39, 0.29) is 18.1 Å². The Bertz CT molecular complexity index is 395. The summed E-state index contributed by atoms with van der Waals surface area (Å²) in [5.74, 6) is -0.267. The van der Waals surface area contributed by atoms with E-state index in [1.165, 1.54) is 11.3 Å². The Morgan fingerprint density at radius 3 is 2.65 bits per heavy atom. The van der Waals surface area contributed by atoms with Gasteiger partial charge in [-0.15, -0.1) is 11.3 Å². The van der Waals surface area contributed by atoms with Gasteiger partial charge in [-0.2, -0.15) is 0 Å². The maximum absolute atomic E-state index is 11.5. The largest absolute Gasteiger partial charge is 0.465 e. The predicted octanol–water partition coefficient (Wildman–Crippen LogP) is 3.66. The molecule has 3 nitrogen and oxygen atoms in total. The minimum atomic E-state index is -0.375. The first-order valence-electron chi connectivity index (χ1n) is 5.33. The number of ether oxygens (including phenoxy) is 1. The second kappa shape index (κ2) is 6.59. The maximum atomic E-state index is 11.5. The standard InChI is InChI=1S/C11H15Cl2NO2S/c1-4-16-11(15)7(3)14-6(2)8-5-9(12)17-10(8)13/h5-7,14H,4H2,1-3H3. The van der Waals surface area contributed by atoms with Crippen LogP contribution < -0.4 is 5.32 Å². The van der Waals surface area contributed by atoms with Gasteiger partial charge < -0.3 is 4.74 Å². The zero-order chi connectivity index (χ0) is 13.0. The van der Waals surface area contributed by atoms with Crippen molar-refractivity contribution in [1.29, 1.82) is 0 Å². The highest BCUT2D eigenvalue weighted by molar-refractivity contribution is 7.20. The zero-order valence-electron chi connectivity index (χ0n) is 9.92. The lowest BCUT2D eigenvalue weighted by atomic mass is 10.1. The highest BCUT2D eigenvalue weighted by atomic mass is 35.5. The fourth-order valence-corrected chi connectivity index (χ4v) is 3.09. The van der Waals surface area contributed by atoms with Crippen LogP contribution >= 0.6 is 34.5 Å². The van der Waals surface area contributed by atoms with Crippen LogP contribution in [0.4, 0.5) is 0 Å². The molecule has 96 valence electrons. The Hall–Kier alpha value is -0.290. The van der Waals surface area contributed by atoms with E-state index in [1.54, 1.807) is 13.8 Å². The summed E-state index contributed by atoms with van der Waals surface area (Å²) in [4.78, 5) is 11.5. The highest BCUT2D eigenvalue weighted by Crippen LogP contribution is 2.34. The average molecular weight is 296 g/mol. The number of nitrogens with one attached hydrogen (secondary N) is 1. The monoisotopic (exact) mass is 295 g/mol. The molecule has 1 aromatic heterocycles. The second-order valence-corrected chi connectivity index (χ2v) is 5.93. The number of carbonyl (C=O) groups excluding carboxylic acids is 1. The summed E-state index contributed by atoms with van der Waals surface area (Å²) in [5.41, 5.74) is 0.901. The Balaban J connectivity index is 2.63. The van der Waals surface area contributed by atoms with Gasteiger partial charge >= 0.3 is 5.97 Å². The van der Waals surface area contributed by atoms with Crippen molar-refractivity contribution in [3.05, 3.63) is 20.3 Å². The topological polar surface area (TPSA) is 38.3 Å². The molecule has 1 heterocycles. The van der Waals surface area contributed by atoms with Gasteiger partial charge in [-0.05, 0) is 32.4 Å². The molecule has 1 aromatic rings. The van der Waals surface area contributed by atoms with E-state index in [4.69, 9.17) is 27.9 Å². The molecule has 0 aromatic carbocycles.